The van der Waals surface area contributed by atoms with Crippen LogP contribution in [0.5, 0.6) is 0 Å². The Morgan fingerprint density at radius 3 is 2.39 bits per heavy atom. The quantitative estimate of drug-likeness (QED) is 0.412. The van der Waals surface area contributed by atoms with Crippen molar-refractivity contribution in [2.75, 3.05) is 31.1 Å². The highest BCUT2D eigenvalue weighted by atomic mass is 32.2. The number of nitrogens with zero attached hydrogens (tertiary/aromatic N) is 4. The number of sulfonamides is 1. The van der Waals surface area contributed by atoms with E-state index in [-0.39, 0.29) is 41.4 Å². The normalized spacial score (nSPS) is 16.4. The molecule has 4 rings (SSSR count). The molecule has 2 aliphatic rings. The predicted octanol–water partition coefficient (Wildman–Crippen LogP) is 3.80. The predicted molar refractivity (Wildman–Crippen MR) is 165 cm³/mol. The number of amides is 2. The molecule has 44 heavy (non-hydrogen) atoms. The second-order valence-electron chi connectivity index (χ2n) is 12.4. The van der Waals surface area contributed by atoms with Gasteiger partial charge in [0, 0.05) is 32.0 Å². The number of nitriles is 1. The van der Waals surface area contributed by atoms with Gasteiger partial charge in [0.1, 0.15) is 11.9 Å². The first kappa shape index (κ1) is 32.9. The largest absolute Gasteiger partial charge is 0.462 e. The molecule has 3 heterocycles. The summed E-state index contributed by atoms with van der Waals surface area (Å²) in [6.07, 6.45) is 2.83. The number of hydrogen-bond donors (Lipinski definition) is 1. The first-order valence-corrected chi connectivity index (χ1v) is 16.7. The number of likely N-dealkylation sites (tertiary alicyclic amines) is 1. The lowest BCUT2D eigenvalue weighted by Gasteiger charge is -2.33. The summed E-state index contributed by atoms with van der Waals surface area (Å²) in [4.78, 5) is 46.5. The van der Waals surface area contributed by atoms with Crippen molar-refractivity contribution >= 4 is 33.6 Å². The first-order valence-electron chi connectivity index (χ1n) is 15.1. The van der Waals surface area contributed by atoms with Gasteiger partial charge in [0.05, 0.1) is 35.7 Å². The van der Waals surface area contributed by atoms with Gasteiger partial charge in [-0.1, -0.05) is 45.0 Å². The molecule has 0 spiro atoms. The van der Waals surface area contributed by atoms with E-state index < -0.39 is 27.8 Å². The summed E-state index contributed by atoms with van der Waals surface area (Å²) >= 11 is 0. The molecule has 0 saturated carbocycles. The van der Waals surface area contributed by atoms with Crippen molar-refractivity contribution in [1.29, 1.82) is 5.26 Å². The van der Waals surface area contributed by atoms with Gasteiger partial charge in [-0.05, 0) is 55.2 Å². The first-order chi connectivity index (χ1) is 20.8. The smallest absolute Gasteiger partial charge is 0.340 e. The Bertz CT molecular complexity index is 1530. The minimum Gasteiger partial charge on any atom is -0.462 e. The van der Waals surface area contributed by atoms with E-state index in [1.165, 1.54) is 6.07 Å². The summed E-state index contributed by atoms with van der Waals surface area (Å²) in [6, 6.07) is 10.9. The van der Waals surface area contributed by atoms with Crippen LogP contribution in [0.3, 0.4) is 0 Å². The lowest BCUT2D eigenvalue weighted by molar-refractivity contribution is -0.134. The minimum absolute atomic E-state index is 0.0116. The van der Waals surface area contributed by atoms with E-state index in [9.17, 15) is 28.1 Å². The van der Waals surface area contributed by atoms with E-state index in [0.717, 1.165) is 18.4 Å². The second kappa shape index (κ2) is 13.8. The molecule has 2 saturated heterocycles. The highest BCUT2D eigenvalue weighted by Gasteiger charge is 2.31. The summed E-state index contributed by atoms with van der Waals surface area (Å²) in [5.41, 5.74) is 2.32. The van der Waals surface area contributed by atoms with Gasteiger partial charge in [0.2, 0.25) is 21.8 Å². The fourth-order valence-electron chi connectivity index (χ4n) is 5.53. The fraction of sp³-hybridized carbons (Fsp3) is 0.531. The van der Waals surface area contributed by atoms with E-state index in [4.69, 9.17) is 9.72 Å². The lowest BCUT2D eigenvalue weighted by atomic mass is 9.87. The van der Waals surface area contributed by atoms with Gasteiger partial charge >= 0.3 is 5.97 Å². The molecule has 2 fully saturated rings. The van der Waals surface area contributed by atoms with Crippen molar-refractivity contribution in [1.82, 2.24) is 14.6 Å². The SMILES string of the molecule is CCOC(=O)c1cc(C#N)c(N2CCC(C(=O)NS(=O)(=O)Cc3ccc(C(C)(C)C)cc3)CC2)nc1CN1CCCCC1=O. The zero-order valence-corrected chi connectivity index (χ0v) is 26.7. The molecule has 2 aromatic rings. The molecular weight excluding hydrogens is 582 g/mol. The minimum atomic E-state index is -3.89. The van der Waals surface area contributed by atoms with E-state index in [1.807, 2.05) is 17.0 Å². The van der Waals surface area contributed by atoms with Crippen molar-refractivity contribution in [2.45, 2.75) is 77.5 Å². The third-order valence-corrected chi connectivity index (χ3v) is 9.28. The zero-order chi connectivity index (χ0) is 32.1. The third kappa shape index (κ3) is 8.14. The van der Waals surface area contributed by atoms with Crippen LogP contribution >= 0.6 is 0 Å². The Hall–Kier alpha value is -3.98. The number of benzene rings is 1. The molecular formula is C32H41N5O6S. The maximum atomic E-state index is 13.0. The van der Waals surface area contributed by atoms with Gasteiger partial charge in [-0.2, -0.15) is 5.26 Å². The number of piperidine rings is 2. The van der Waals surface area contributed by atoms with E-state index in [2.05, 4.69) is 31.6 Å². The molecule has 1 aromatic heterocycles. The van der Waals surface area contributed by atoms with Crippen molar-refractivity contribution in [2.24, 2.45) is 5.92 Å². The number of carbonyl (C=O) groups excluding carboxylic acids is 3. The third-order valence-electron chi connectivity index (χ3n) is 8.06. The molecule has 2 aliphatic heterocycles. The van der Waals surface area contributed by atoms with Crippen LogP contribution < -0.4 is 9.62 Å². The molecule has 0 atom stereocenters. The van der Waals surface area contributed by atoms with Crippen LogP contribution in [-0.2, 0) is 42.1 Å². The van der Waals surface area contributed by atoms with Gasteiger partial charge in [0.25, 0.3) is 0 Å². The van der Waals surface area contributed by atoms with Crippen LogP contribution in [0.4, 0.5) is 5.82 Å². The Kier molecular flexibility index (Phi) is 10.3. The van der Waals surface area contributed by atoms with Crippen LogP contribution in [0.1, 0.15) is 92.5 Å². The number of anilines is 1. The number of rotatable bonds is 9. The molecule has 1 N–H and O–H groups in total. The maximum absolute atomic E-state index is 13.0. The average molecular weight is 624 g/mol. The lowest BCUT2D eigenvalue weighted by Crippen LogP contribution is -2.43. The molecule has 0 radical (unpaired) electrons. The molecule has 0 bridgehead atoms. The van der Waals surface area contributed by atoms with Crippen molar-refractivity contribution in [3.63, 3.8) is 0 Å². The van der Waals surface area contributed by atoms with Crippen LogP contribution in [-0.4, -0.2) is 62.3 Å². The van der Waals surface area contributed by atoms with Gasteiger partial charge in [-0.3, -0.25) is 14.3 Å². The molecule has 0 aliphatic carbocycles. The second-order valence-corrected chi connectivity index (χ2v) is 14.1. The van der Waals surface area contributed by atoms with E-state index in [1.54, 1.807) is 24.0 Å². The number of aromatic nitrogens is 1. The van der Waals surface area contributed by atoms with Crippen molar-refractivity contribution in [3.8, 4) is 6.07 Å². The van der Waals surface area contributed by atoms with Gasteiger partial charge in [-0.15, -0.1) is 0 Å². The van der Waals surface area contributed by atoms with Crippen molar-refractivity contribution in [3.05, 3.63) is 58.3 Å². The molecule has 236 valence electrons. The number of nitrogens with one attached hydrogen (secondary N) is 1. The Labute approximate surface area is 259 Å². The summed E-state index contributed by atoms with van der Waals surface area (Å²) in [6.45, 7) is 9.48. The Morgan fingerprint density at radius 2 is 1.80 bits per heavy atom. The summed E-state index contributed by atoms with van der Waals surface area (Å²) in [5, 5.41) is 9.92. The van der Waals surface area contributed by atoms with Crippen LogP contribution in [0.25, 0.3) is 0 Å². The van der Waals surface area contributed by atoms with E-state index in [0.29, 0.717) is 56.0 Å². The Morgan fingerprint density at radius 1 is 1.11 bits per heavy atom. The number of carbonyl (C=O) groups is 3. The molecule has 2 amide bonds. The average Bonchev–Trinajstić information content (AvgIpc) is 2.97. The summed E-state index contributed by atoms with van der Waals surface area (Å²) in [7, 11) is -3.89. The molecule has 11 nitrogen and oxygen atoms in total. The highest BCUT2D eigenvalue weighted by molar-refractivity contribution is 7.89. The number of hydrogen-bond acceptors (Lipinski definition) is 9. The Balaban J connectivity index is 1.45. The maximum Gasteiger partial charge on any atom is 0.340 e. The molecule has 12 heteroatoms. The number of ether oxygens (including phenoxy) is 1. The van der Waals surface area contributed by atoms with Gasteiger partial charge < -0.3 is 14.5 Å². The standard InChI is InChI=1S/C32H41N5O6S/c1-5-43-31(40)26-18-24(19-33)29(34-27(26)20-37-15-7-6-8-28(37)38)36-16-13-23(14-17-36)30(39)35-44(41,42)21-22-9-11-25(12-10-22)32(2,3)4/h9-12,18,23H,5-8,13-17,20-21H2,1-4H3,(H,35,39). The summed E-state index contributed by atoms with van der Waals surface area (Å²) < 4.78 is 33.1. The van der Waals surface area contributed by atoms with Crippen LogP contribution in [0, 0.1) is 17.2 Å². The van der Waals surface area contributed by atoms with Crippen LogP contribution in [0.15, 0.2) is 30.3 Å². The molecule has 0 unspecified atom stereocenters. The topological polar surface area (TPSA) is 150 Å². The van der Waals surface area contributed by atoms with Crippen LogP contribution in [0.2, 0.25) is 0 Å². The highest BCUT2D eigenvalue weighted by Crippen LogP contribution is 2.29. The fourth-order valence-corrected chi connectivity index (χ4v) is 6.70. The van der Waals surface area contributed by atoms with Gasteiger partial charge in [0.15, 0.2) is 0 Å². The van der Waals surface area contributed by atoms with E-state index >= 15 is 0 Å². The number of pyridine rings is 1. The van der Waals surface area contributed by atoms with Crippen molar-refractivity contribution < 1.29 is 27.5 Å². The summed E-state index contributed by atoms with van der Waals surface area (Å²) in [5.74, 6) is -1.63. The number of esters is 1. The monoisotopic (exact) mass is 623 g/mol. The molecule has 1 aromatic carbocycles. The van der Waals surface area contributed by atoms with Gasteiger partial charge in [-0.25, -0.2) is 18.2 Å². The zero-order valence-electron chi connectivity index (χ0n) is 25.9.